The predicted octanol–water partition coefficient (Wildman–Crippen LogP) is 2.96. The maximum absolute atomic E-state index is 10.5. The van der Waals surface area contributed by atoms with Gasteiger partial charge in [-0.25, -0.2) is 0 Å². The lowest BCUT2D eigenvalue weighted by atomic mass is 9.77. The first-order valence-corrected chi connectivity index (χ1v) is 7.43. The Morgan fingerprint density at radius 2 is 2.00 bits per heavy atom. The maximum Gasteiger partial charge on any atom is 0.171 e. The van der Waals surface area contributed by atoms with Crippen molar-refractivity contribution in [3.8, 4) is 0 Å². The average Bonchev–Trinajstić information content (AvgIpc) is 2.63. The van der Waals surface area contributed by atoms with E-state index >= 15 is 0 Å². The molecule has 2 aliphatic rings. The van der Waals surface area contributed by atoms with Crippen LogP contribution in [0.2, 0.25) is 0 Å². The Hall–Kier alpha value is -0.120. The third-order valence-corrected chi connectivity index (χ3v) is 4.30. The van der Waals surface area contributed by atoms with E-state index in [4.69, 9.17) is 9.47 Å². The standard InChI is InChI=1S/C15H28O3/c1-10(2)8-13-14(11(3)4)12(16)9-15(18-13)6-5-7-17-15/h10-14,16H,5-9H2,1-4H3/t12-,13?,14?,15+/m1/s1. The van der Waals surface area contributed by atoms with Crippen LogP contribution in [0.1, 0.15) is 53.4 Å². The first-order valence-electron chi connectivity index (χ1n) is 7.43. The Labute approximate surface area is 111 Å². The lowest BCUT2D eigenvalue weighted by Gasteiger charge is -2.47. The van der Waals surface area contributed by atoms with Crippen LogP contribution in [-0.4, -0.2) is 29.7 Å². The van der Waals surface area contributed by atoms with Crippen molar-refractivity contribution in [3.05, 3.63) is 0 Å². The summed E-state index contributed by atoms with van der Waals surface area (Å²) in [5.41, 5.74) is 0. The fourth-order valence-electron chi connectivity index (χ4n) is 3.57. The van der Waals surface area contributed by atoms with Crippen LogP contribution in [0.3, 0.4) is 0 Å². The molecule has 0 saturated carbocycles. The highest BCUT2D eigenvalue weighted by Gasteiger charge is 2.49. The molecule has 0 aromatic rings. The van der Waals surface area contributed by atoms with Crippen molar-refractivity contribution in [2.24, 2.45) is 17.8 Å². The molecule has 2 saturated heterocycles. The van der Waals surface area contributed by atoms with Gasteiger partial charge in [0.2, 0.25) is 0 Å². The average molecular weight is 256 g/mol. The van der Waals surface area contributed by atoms with Gasteiger partial charge < -0.3 is 14.6 Å². The van der Waals surface area contributed by atoms with Crippen molar-refractivity contribution in [2.45, 2.75) is 71.4 Å². The summed E-state index contributed by atoms with van der Waals surface area (Å²) < 4.78 is 12.1. The van der Waals surface area contributed by atoms with Gasteiger partial charge in [0.15, 0.2) is 5.79 Å². The molecule has 4 atom stereocenters. The van der Waals surface area contributed by atoms with Gasteiger partial charge in [-0.15, -0.1) is 0 Å². The van der Waals surface area contributed by atoms with Crippen LogP contribution >= 0.6 is 0 Å². The summed E-state index contributed by atoms with van der Waals surface area (Å²) in [5.74, 6) is 0.786. The Kier molecular flexibility index (Phi) is 4.35. The summed E-state index contributed by atoms with van der Waals surface area (Å²) in [4.78, 5) is 0. The zero-order chi connectivity index (χ0) is 13.3. The fourth-order valence-corrected chi connectivity index (χ4v) is 3.57. The predicted molar refractivity (Wildman–Crippen MR) is 71.2 cm³/mol. The molecule has 1 N–H and O–H groups in total. The van der Waals surface area contributed by atoms with Crippen molar-refractivity contribution >= 4 is 0 Å². The van der Waals surface area contributed by atoms with Crippen molar-refractivity contribution < 1.29 is 14.6 Å². The van der Waals surface area contributed by atoms with Gasteiger partial charge in [-0.05, 0) is 24.7 Å². The van der Waals surface area contributed by atoms with Crippen molar-refractivity contribution in [3.63, 3.8) is 0 Å². The number of hydrogen-bond donors (Lipinski definition) is 1. The molecule has 2 aliphatic heterocycles. The van der Waals surface area contributed by atoms with E-state index in [0.717, 1.165) is 25.9 Å². The summed E-state index contributed by atoms with van der Waals surface area (Å²) in [6.45, 7) is 9.55. The number of rotatable bonds is 3. The van der Waals surface area contributed by atoms with Gasteiger partial charge in [0.25, 0.3) is 0 Å². The molecular formula is C15H28O3. The van der Waals surface area contributed by atoms with Gasteiger partial charge in [0.05, 0.1) is 18.8 Å². The lowest BCUT2D eigenvalue weighted by Crippen LogP contribution is -2.53. The van der Waals surface area contributed by atoms with Gasteiger partial charge in [0.1, 0.15) is 0 Å². The first kappa shape index (κ1) is 14.3. The fraction of sp³-hybridized carbons (Fsp3) is 1.00. The van der Waals surface area contributed by atoms with Crippen molar-refractivity contribution in [1.29, 1.82) is 0 Å². The molecule has 18 heavy (non-hydrogen) atoms. The van der Waals surface area contributed by atoms with Crippen molar-refractivity contribution in [1.82, 2.24) is 0 Å². The molecule has 2 heterocycles. The van der Waals surface area contributed by atoms with Crippen LogP contribution in [0.15, 0.2) is 0 Å². The minimum atomic E-state index is -0.482. The van der Waals surface area contributed by atoms with Crippen molar-refractivity contribution in [2.75, 3.05) is 6.61 Å². The van der Waals surface area contributed by atoms with Crippen LogP contribution in [0, 0.1) is 17.8 Å². The van der Waals surface area contributed by atoms with E-state index in [9.17, 15) is 5.11 Å². The zero-order valence-corrected chi connectivity index (χ0v) is 12.2. The summed E-state index contributed by atoms with van der Waals surface area (Å²) in [6.07, 6.45) is 3.47. The van der Waals surface area contributed by atoms with E-state index in [1.54, 1.807) is 0 Å². The third kappa shape index (κ3) is 2.89. The number of aliphatic hydroxyl groups is 1. The van der Waals surface area contributed by atoms with Crippen LogP contribution in [0.4, 0.5) is 0 Å². The number of ether oxygens (including phenoxy) is 2. The molecule has 2 rings (SSSR count). The zero-order valence-electron chi connectivity index (χ0n) is 12.2. The second kappa shape index (κ2) is 5.48. The number of aliphatic hydroxyl groups excluding tert-OH is 1. The molecule has 0 aliphatic carbocycles. The molecule has 3 nitrogen and oxygen atoms in total. The molecule has 0 aromatic heterocycles. The second-order valence-electron chi connectivity index (χ2n) is 6.74. The molecule has 0 radical (unpaired) electrons. The molecule has 2 fully saturated rings. The SMILES string of the molecule is CC(C)CC1O[C@@]2(CCCO2)C[C@@H](O)C1C(C)C. The summed E-state index contributed by atoms with van der Waals surface area (Å²) in [6, 6.07) is 0. The van der Waals surface area contributed by atoms with E-state index in [1.807, 2.05) is 0 Å². The van der Waals surface area contributed by atoms with Gasteiger partial charge in [-0.1, -0.05) is 27.7 Å². The highest BCUT2D eigenvalue weighted by molar-refractivity contribution is 4.93. The highest BCUT2D eigenvalue weighted by atomic mass is 16.7. The minimum Gasteiger partial charge on any atom is -0.393 e. The van der Waals surface area contributed by atoms with E-state index in [1.165, 1.54) is 0 Å². The Bertz CT molecular complexity index is 269. The molecule has 1 spiro atoms. The van der Waals surface area contributed by atoms with Gasteiger partial charge in [-0.2, -0.15) is 0 Å². The minimum absolute atomic E-state index is 0.131. The molecule has 3 heteroatoms. The van der Waals surface area contributed by atoms with Crippen LogP contribution in [0.5, 0.6) is 0 Å². The largest absolute Gasteiger partial charge is 0.393 e. The van der Waals surface area contributed by atoms with Crippen LogP contribution in [0.25, 0.3) is 0 Å². The Morgan fingerprint density at radius 1 is 1.28 bits per heavy atom. The topological polar surface area (TPSA) is 38.7 Å². The normalized spacial score (nSPS) is 41.2. The second-order valence-corrected chi connectivity index (χ2v) is 6.74. The van der Waals surface area contributed by atoms with Gasteiger partial charge in [0, 0.05) is 18.8 Å². The monoisotopic (exact) mass is 256 g/mol. The van der Waals surface area contributed by atoms with E-state index in [2.05, 4.69) is 27.7 Å². The summed E-state index contributed by atoms with van der Waals surface area (Å²) in [5, 5.41) is 10.5. The Morgan fingerprint density at radius 3 is 2.50 bits per heavy atom. The lowest BCUT2D eigenvalue weighted by molar-refractivity contribution is -0.298. The van der Waals surface area contributed by atoms with E-state index in [-0.39, 0.29) is 18.1 Å². The molecule has 0 aromatic carbocycles. The smallest absolute Gasteiger partial charge is 0.171 e. The molecule has 0 amide bonds. The van der Waals surface area contributed by atoms with Crippen LogP contribution < -0.4 is 0 Å². The quantitative estimate of drug-likeness (QED) is 0.843. The first-order chi connectivity index (χ1) is 8.43. The molecule has 106 valence electrons. The number of hydrogen-bond acceptors (Lipinski definition) is 3. The molecule has 2 unspecified atom stereocenters. The Balaban J connectivity index is 2.13. The molecular weight excluding hydrogens is 228 g/mol. The van der Waals surface area contributed by atoms with Gasteiger partial charge in [-0.3, -0.25) is 0 Å². The van der Waals surface area contributed by atoms with Gasteiger partial charge >= 0.3 is 0 Å². The third-order valence-electron chi connectivity index (χ3n) is 4.30. The molecule has 0 bridgehead atoms. The summed E-state index contributed by atoms with van der Waals surface area (Å²) in [7, 11) is 0. The van der Waals surface area contributed by atoms with E-state index < -0.39 is 5.79 Å². The summed E-state index contributed by atoms with van der Waals surface area (Å²) >= 11 is 0. The highest BCUT2D eigenvalue weighted by Crippen LogP contribution is 2.43. The van der Waals surface area contributed by atoms with E-state index in [0.29, 0.717) is 18.3 Å². The maximum atomic E-state index is 10.5. The van der Waals surface area contributed by atoms with Crippen LogP contribution in [-0.2, 0) is 9.47 Å².